The lowest BCUT2D eigenvalue weighted by Crippen LogP contribution is -2.22. The highest BCUT2D eigenvalue weighted by Gasteiger charge is 2.38. The van der Waals surface area contributed by atoms with E-state index in [-0.39, 0.29) is 5.56 Å². The van der Waals surface area contributed by atoms with E-state index < -0.39 is 18.1 Å². The fraction of sp³-hybridized carbons (Fsp3) is 0.150. The Hall–Kier alpha value is -3.60. The molecule has 0 saturated heterocycles. The van der Waals surface area contributed by atoms with E-state index in [2.05, 4.69) is 0 Å². The van der Waals surface area contributed by atoms with E-state index in [1.54, 1.807) is 10.6 Å². The first-order valence-corrected chi connectivity index (χ1v) is 9.67. The molecule has 0 spiro atoms. The van der Waals surface area contributed by atoms with Gasteiger partial charge in [-0.2, -0.15) is 13.2 Å². The van der Waals surface area contributed by atoms with Gasteiger partial charge < -0.3 is 20.0 Å². The van der Waals surface area contributed by atoms with Gasteiger partial charge in [-0.25, -0.2) is 4.79 Å². The Balaban J connectivity index is 0.000000339. The van der Waals surface area contributed by atoms with Crippen molar-refractivity contribution >= 4 is 44.2 Å². The summed E-state index contributed by atoms with van der Waals surface area (Å²) in [6.45, 7) is 1.26. The molecule has 0 fully saturated rings. The number of para-hydroxylation sites is 1. The quantitative estimate of drug-likeness (QED) is 0.496. The molecule has 0 saturated carbocycles. The molecular formula is C20H16F3N3O4S. The maximum Gasteiger partial charge on any atom is 0.490 e. The van der Waals surface area contributed by atoms with Gasteiger partial charge in [0.25, 0.3) is 11.5 Å². The number of hydrogen-bond acceptors (Lipinski definition) is 4. The Morgan fingerprint density at radius 1 is 1.03 bits per heavy atom. The number of primary amides is 1. The highest BCUT2D eigenvalue weighted by atomic mass is 32.1. The first kappa shape index (κ1) is 22.1. The van der Waals surface area contributed by atoms with Crippen molar-refractivity contribution in [1.82, 2.24) is 9.13 Å². The fourth-order valence-corrected chi connectivity index (χ4v) is 4.02. The molecule has 162 valence electrons. The highest BCUT2D eigenvalue weighted by molar-refractivity contribution is 7.21. The zero-order valence-electron chi connectivity index (χ0n) is 15.8. The molecule has 1 amide bonds. The van der Waals surface area contributed by atoms with Crippen LogP contribution in [0.2, 0.25) is 0 Å². The molecule has 0 atom stereocenters. The molecular weight excluding hydrogens is 435 g/mol. The van der Waals surface area contributed by atoms with Crippen molar-refractivity contribution in [2.24, 2.45) is 5.73 Å². The Bertz CT molecular complexity index is 1310. The number of carbonyl (C=O) groups is 2. The third-order valence-corrected chi connectivity index (χ3v) is 5.56. The number of nitrogens with zero attached hydrogens (tertiary/aromatic N) is 2. The minimum absolute atomic E-state index is 0.0837. The van der Waals surface area contributed by atoms with Gasteiger partial charge in [0.05, 0.1) is 15.8 Å². The van der Waals surface area contributed by atoms with Crippen molar-refractivity contribution in [3.8, 4) is 0 Å². The number of aliphatic carboxylic acids is 1. The number of alkyl halides is 3. The summed E-state index contributed by atoms with van der Waals surface area (Å²) < 4.78 is 36.4. The van der Waals surface area contributed by atoms with E-state index in [0.717, 1.165) is 15.6 Å². The fourth-order valence-electron chi connectivity index (χ4n) is 2.98. The molecule has 0 aliphatic heterocycles. The van der Waals surface area contributed by atoms with Gasteiger partial charge in [-0.05, 0) is 24.3 Å². The van der Waals surface area contributed by atoms with Crippen LogP contribution in [0.4, 0.5) is 13.2 Å². The van der Waals surface area contributed by atoms with E-state index in [1.165, 1.54) is 11.3 Å². The SMILES string of the molecule is NC(=O)c1cc2c(=O)n(CCn3cccc3)c3ccccc3c2s1.O=C(O)C(F)(F)F. The van der Waals surface area contributed by atoms with Crippen LogP contribution in [0, 0.1) is 0 Å². The summed E-state index contributed by atoms with van der Waals surface area (Å²) in [5.74, 6) is -3.26. The number of amides is 1. The number of nitrogens with two attached hydrogens (primary N) is 1. The van der Waals surface area contributed by atoms with E-state index >= 15 is 0 Å². The van der Waals surface area contributed by atoms with Crippen LogP contribution in [0.3, 0.4) is 0 Å². The number of carboxylic acid groups (broad SMARTS) is 1. The van der Waals surface area contributed by atoms with Gasteiger partial charge >= 0.3 is 12.1 Å². The number of pyridine rings is 1. The van der Waals surface area contributed by atoms with Crippen LogP contribution in [0.5, 0.6) is 0 Å². The molecule has 0 aliphatic carbocycles. The predicted molar refractivity (Wildman–Crippen MR) is 110 cm³/mol. The summed E-state index contributed by atoms with van der Waals surface area (Å²) in [7, 11) is 0. The number of thiophene rings is 1. The van der Waals surface area contributed by atoms with Gasteiger partial charge in [0, 0.05) is 35.6 Å². The Morgan fingerprint density at radius 3 is 2.23 bits per heavy atom. The van der Waals surface area contributed by atoms with Crippen LogP contribution in [0.1, 0.15) is 9.67 Å². The molecule has 11 heteroatoms. The van der Waals surface area contributed by atoms with E-state index in [1.807, 2.05) is 53.4 Å². The first-order chi connectivity index (χ1) is 14.6. The van der Waals surface area contributed by atoms with Crippen molar-refractivity contribution in [2.75, 3.05) is 0 Å². The van der Waals surface area contributed by atoms with Crippen molar-refractivity contribution in [3.05, 3.63) is 70.1 Å². The number of halogens is 3. The van der Waals surface area contributed by atoms with Gasteiger partial charge in [-0.15, -0.1) is 11.3 Å². The Kier molecular flexibility index (Phi) is 6.16. The summed E-state index contributed by atoms with van der Waals surface area (Å²) >= 11 is 1.28. The third kappa shape index (κ3) is 4.77. The average Bonchev–Trinajstić information content (AvgIpc) is 3.38. The zero-order valence-corrected chi connectivity index (χ0v) is 16.6. The smallest absolute Gasteiger partial charge is 0.475 e. The summed E-state index contributed by atoms with van der Waals surface area (Å²) in [6, 6.07) is 13.3. The molecule has 4 rings (SSSR count). The topological polar surface area (TPSA) is 107 Å². The Labute approximate surface area is 176 Å². The second-order valence-electron chi connectivity index (χ2n) is 6.42. The van der Waals surface area contributed by atoms with Crippen LogP contribution in [0.15, 0.2) is 59.7 Å². The van der Waals surface area contributed by atoms with Crippen molar-refractivity contribution in [3.63, 3.8) is 0 Å². The molecule has 3 N–H and O–H groups in total. The lowest BCUT2D eigenvalue weighted by Gasteiger charge is -2.12. The molecule has 0 aliphatic rings. The molecule has 7 nitrogen and oxygen atoms in total. The number of carbonyl (C=O) groups excluding carboxylic acids is 1. The number of fused-ring (bicyclic) bond motifs is 3. The van der Waals surface area contributed by atoms with Crippen LogP contribution < -0.4 is 11.3 Å². The maximum atomic E-state index is 12.9. The highest BCUT2D eigenvalue weighted by Crippen LogP contribution is 2.30. The van der Waals surface area contributed by atoms with E-state index in [9.17, 15) is 22.8 Å². The summed E-state index contributed by atoms with van der Waals surface area (Å²) in [4.78, 5) is 33.8. The monoisotopic (exact) mass is 451 g/mol. The van der Waals surface area contributed by atoms with Crippen LogP contribution in [-0.4, -0.2) is 32.3 Å². The van der Waals surface area contributed by atoms with E-state index in [0.29, 0.717) is 23.4 Å². The second kappa shape index (κ2) is 8.64. The number of aryl methyl sites for hydroxylation is 2. The van der Waals surface area contributed by atoms with Gasteiger partial charge in [-0.3, -0.25) is 9.59 Å². The number of benzene rings is 1. The molecule has 4 aromatic rings. The minimum Gasteiger partial charge on any atom is -0.475 e. The number of hydrogen-bond donors (Lipinski definition) is 2. The molecule has 31 heavy (non-hydrogen) atoms. The number of carboxylic acids is 1. The Morgan fingerprint density at radius 2 is 1.65 bits per heavy atom. The van der Waals surface area contributed by atoms with Gasteiger partial charge in [-0.1, -0.05) is 18.2 Å². The molecule has 0 radical (unpaired) electrons. The summed E-state index contributed by atoms with van der Waals surface area (Å²) in [5.41, 5.74) is 6.18. The average molecular weight is 451 g/mol. The van der Waals surface area contributed by atoms with Gasteiger partial charge in [0.1, 0.15) is 0 Å². The van der Waals surface area contributed by atoms with Gasteiger partial charge in [0.2, 0.25) is 0 Å². The lowest BCUT2D eigenvalue weighted by molar-refractivity contribution is -0.192. The summed E-state index contributed by atoms with van der Waals surface area (Å²) in [6.07, 6.45) is -1.14. The van der Waals surface area contributed by atoms with E-state index in [4.69, 9.17) is 15.6 Å². The lowest BCUT2D eigenvalue weighted by atomic mass is 10.1. The molecule has 0 unspecified atom stereocenters. The largest absolute Gasteiger partial charge is 0.490 e. The molecule has 0 bridgehead atoms. The predicted octanol–water partition coefficient (Wildman–Crippen LogP) is 3.45. The maximum absolute atomic E-state index is 12.9. The normalized spacial score (nSPS) is 11.3. The molecule has 1 aromatic carbocycles. The van der Waals surface area contributed by atoms with Crippen molar-refractivity contribution < 1.29 is 27.9 Å². The summed E-state index contributed by atoms with van der Waals surface area (Å²) in [5, 5.41) is 8.65. The van der Waals surface area contributed by atoms with Crippen molar-refractivity contribution in [2.45, 2.75) is 19.3 Å². The number of rotatable bonds is 4. The van der Waals surface area contributed by atoms with Crippen LogP contribution in [0.25, 0.3) is 21.0 Å². The number of aromatic nitrogens is 2. The molecule has 3 aromatic heterocycles. The molecule has 3 heterocycles. The third-order valence-electron chi connectivity index (χ3n) is 4.38. The standard InChI is InChI=1S/C18H15N3O2S.C2HF3O2/c19-17(22)15-11-13-16(24-15)12-5-1-2-6-14(12)21(18(13)23)10-9-20-7-3-4-8-20;3-2(4,5)1(6)7/h1-8,11H,9-10H2,(H2,19,22);(H,6,7). The second-order valence-corrected chi connectivity index (χ2v) is 7.47. The van der Waals surface area contributed by atoms with Crippen LogP contribution >= 0.6 is 11.3 Å². The zero-order chi connectivity index (χ0) is 22.8. The van der Waals surface area contributed by atoms with Crippen molar-refractivity contribution in [1.29, 1.82) is 0 Å². The minimum atomic E-state index is -5.08. The first-order valence-electron chi connectivity index (χ1n) is 8.85. The van der Waals surface area contributed by atoms with Gasteiger partial charge in [0.15, 0.2) is 0 Å². The van der Waals surface area contributed by atoms with Crippen LogP contribution in [-0.2, 0) is 17.9 Å².